The molecule has 0 aliphatic heterocycles. The molecule has 0 aliphatic rings. The first-order chi connectivity index (χ1) is 10.7. The lowest BCUT2D eigenvalue weighted by molar-refractivity contribution is -0.142. The highest BCUT2D eigenvalue weighted by molar-refractivity contribution is 5.88. The average Bonchev–Trinajstić information content (AvgIpc) is 2.96. The molecule has 23 heavy (non-hydrogen) atoms. The topological polar surface area (TPSA) is 87.6 Å². The number of nitrogens with zero attached hydrogens (tertiary/aromatic N) is 3. The zero-order valence-electron chi connectivity index (χ0n) is 12.6. The van der Waals surface area contributed by atoms with Crippen LogP contribution in [0.15, 0.2) is 18.3 Å². The number of alkyl halides is 3. The minimum atomic E-state index is -4.36. The molecule has 0 fully saturated rings. The van der Waals surface area contributed by atoms with Gasteiger partial charge in [0.25, 0.3) is 0 Å². The van der Waals surface area contributed by atoms with Crippen molar-refractivity contribution in [3.8, 4) is 0 Å². The molecule has 2 rings (SSSR count). The van der Waals surface area contributed by atoms with Gasteiger partial charge in [-0.3, -0.25) is 15.1 Å². The number of rotatable bonds is 5. The molecular weight excluding hydrogens is 313 g/mol. The Labute approximate surface area is 130 Å². The second kappa shape index (κ2) is 6.71. The molecule has 2 heterocycles. The fourth-order valence-corrected chi connectivity index (χ4v) is 2.02. The lowest BCUT2D eigenvalue weighted by Gasteiger charge is -2.12. The van der Waals surface area contributed by atoms with Crippen molar-refractivity contribution in [1.82, 2.24) is 25.3 Å². The number of amides is 2. The van der Waals surface area contributed by atoms with Crippen LogP contribution in [-0.4, -0.2) is 38.2 Å². The maximum absolute atomic E-state index is 12.2. The molecule has 2 aromatic rings. The highest BCUT2D eigenvalue weighted by Crippen LogP contribution is 2.17. The summed E-state index contributed by atoms with van der Waals surface area (Å²) in [5.41, 5.74) is 1.73. The third-order valence-corrected chi connectivity index (χ3v) is 2.88. The number of aryl methyl sites for hydroxylation is 1. The fraction of sp³-hybridized carbons (Fsp3) is 0.462. The number of hydrogen-bond acceptors (Lipinski definition) is 3. The van der Waals surface area contributed by atoms with Gasteiger partial charge in [0, 0.05) is 30.4 Å². The summed E-state index contributed by atoms with van der Waals surface area (Å²) >= 11 is 0. The Balaban J connectivity index is 1.82. The summed E-state index contributed by atoms with van der Waals surface area (Å²) in [6, 6.07) is 2.43. The third-order valence-electron chi connectivity index (χ3n) is 2.88. The van der Waals surface area contributed by atoms with Crippen LogP contribution < -0.4 is 10.6 Å². The summed E-state index contributed by atoms with van der Waals surface area (Å²) in [7, 11) is 0. The first-order valence-corrected chi connectivity index (χ1v) is 6.90. The lowest BCUT2D eigenvalue weighted by atomic mass is 10.2. The van der Waals surface area contributed by atoms with Gasteiger partial charge in [-0.1, -0.05) is 0 Å². The number of anilines is 1. The molecule has 0 saturated carbocycles. The first-order valence-electron chi connectivity index (χ1n) is 6.90. The summed E-state index contributed by atoms with van der Waals surface area (Å²) in [4.78, 5) is 11.8. The second-order valence-corrected chi connectivity index (χ2v) is 5.26. The molecule has 0 radical (unpaired) electrons. The Hall–Kier alpha value is -2.52. The summed E-state index contributed by atoms with van der Waals surface area (Å²) in [5, 5.41) is 15.6. The van der Waals surface area contributed by atoms with Crippen LogP contribution in [0.1, 0.15) is 18.3 Å². The van der Waals surface area contributed by atoms with Crippen LogP contribution in [0, 0.1) is 6.92 Å². The molecule has 2 aromatic heterocycles. The lowest BCUT2D eigenvalue weighted by Crippen LogP contribution is -2.37. The van der Waals surface area contributed by atoms with Gasteiger partial charge in [0.2, 0.25) is 0 Å². The van der Waals surface area contributed by atoms with E-state index in [2.05, 4.69) is 25.9 Å². The highest BCUT2D eigenvalue weighted by atomic mass is 19.4. The van der Waals surface area contributed by atoms with Crippen molar-refractivity contribution in [2.75, 3.05) is 5.32 Å². The first kappa shape index (κ1) is 16.8. The van der Waals surface area contributed by atoms with Crippen LogP contribution in [0.5, 0.6) is 0 Å². The number of aromatic amines is 1. The Morgan fingerprint density at radius 3 is 2.83 bits per heavy atom. The van der Waals surface area contributed by atoms with E-state index in [9.17, 15) is 18.0 Å². The zero-order chi connectivity index (χ0) is 17.0. The second-order valence-electron chi connectivity index (χ2n) is 5.26. The molecule has 0 saturated heterocycles. The predicted octanol–water partition coefficient (Wildman–Crippen LogP) is 2.23. The summed E-state index contributed by atoms with van der Waals surface area (Å²) in [6.07, 6.45) is -2.68. The van der Waals surface area contributed by atoms with E-state index in [0.717, 1.165) is 17.6 Å². The molecule has 0 aromatic carbocycles. The quantitative estimate of drug-likeness (QED) is 0.785. The number of aromatic nitrogens is 4. The molecule has 0 spiro atoms. The van der Waals surface area contributed by atoms with Gasteiger partial charge in [-0.2, -0.15) is 23.4 Å². The number of urea groups is 1. The van der Waals surface area contributed by atoms with E-state index in [0.29, 0.717) is 11.1 Å². The molecule has 0 aliphatic carbocycles. The SMILES string of the molecule is Cc1cc(C[C@@H](C)NC(=O)Nc2ccn(CC(F)(F)F)n2)n[nH]1. The van der Waals surface area contributed by atoms with Crippen LogP contribution in [0.25, 0.3) is 0 Å². The number of carbonyl (C=O) groups is 1. The minimum absolute atomic E-state index is 0.0505. The smallest absolute Gasteiger partial charge is 0.335 e. The van der Waals surface area contributed by atoms with Crippen molar-refractivity contribution >= 4 is 11.8 Å². The van der Waals surface area contributed by atoms with E-state index in [1.165, 1.54) is 6.07 Å². The monoisotopic (exact) mass is 330 g/mol. The van der Waals surface area contributed by atoms with Crippen molar-refractivity contribution in [3.63, 3.8) is 0 Å². The van der Waals surface area contributed by atoms with Crippen molar-refractivity contribution < 1.29 is 18.0 Å². The standard InChI is InChI=1S/C13H17F3N6O/c1-8(5-10-6-9(2)19-20-10)17-12(23)18-11-3-4-22(21-11)7-13(14,15)16/h3-4,6,8H,5,7H2,1-2H3,(H,19,20)(H2,17,18,21,23)/t8-/m1/s1. The van der Waals surface area contributed by atoms with E-state index < -0.39 is 18.8 Å². The Morgan fingerprint density at radius 1 is 1.48 bits per heavy atom. The maximum Gasteiger partial charge on any atom is 0.408 e. The highest BCUT2D eigenvalue weighted by Gasteiger charge is 2.28. The van der Waals surface area contributed by atoms with Crippen LogP contribution >= 0.6 is 0 Å². The molecule has 126 valence electrons. The molecule has 7 nitrogen and oxygen atoms in total. The van der Waals surface area contributed by atoms with Gasteiger partial charge in [0.15, 0.2) is 5.82 Å². The zero-order valence-corrected chi connectivity index (χ0v) is 12.6. The molecule has 3 N–H and O–H groups in total. The van der Waals surface area contributed by atoms with Gasteiger partial charge in [-0.05, 0) is 19.9 Å². The number of nitrogens with one attached hydrogen (secondary N) is 3. The molecule has 0 unspecified atom stereocenters. The van der Waals surface area contributed by atoms with Gasteiger partial charge in [-0.15, -0.1) is 0 Å². The largest absolute Gasteiger partial charge is 0.408 e. The molecule has 2 amide bonds. The number of carbonyl (C=O) groups excluding carboxylic acids is 1. The van der Waals surface area contributed by atoms with E-state index in [1.807, 2.05) is 13.0 Å². The third kappa shape index (κ3) is 5.64. The van der Waals surface area contributed by atoms with Crippen LogP contribution in [-0.2, 0) is 13.0 Å². The minimum Gasteiger partial charge on any atom is -0.335 e. The Kier molecular flexibility index (Phi) is 4.92. The van der Waals surface area contributed by atoms with Crippen LogP contribution in [0.4, 0.5) is 23.8 Å². The summed E-state index contributed by atoms with van der Waals surface area (Å²) in [6.45, 7) is 2.47. The molecule has 1 atom stereocenters. The van der Waals surface area contributed by atoms with Gasteiger partial charge >= 0.3 is 12.2 Å². The van der Waals surface area contributed by atoms with Crippen molar-refractivity contribution in [2.24, 2.45) is 0 Å². The van der Waals surface area contributed by atoms with Crippen molar-refractivity contribution in [2.45, 2.75) is 39.0 Å². The van der Waals surface area contributed by atoms with Gasteiger partial charge in [0.05, 0.1) is 5.69 Å². The van der Waals surface area contributed by atoms with Crippen molar-refractivity contribution in [3.05, 3.63) is 29.7 Å². The predicted molar refractivity (Wildman–Crippen MR) is 76.9 cm³/mol. The number of H-pyrrole nitrogens is 1. The van der Waals surface area contributed by atoms with Gasteiger partial charge < -0.3 is 5.32 Å². The molecular formula is C13H17F3N6O. The number of hydrogen-bond donors (Lipinski definition) is 3. The molecule has 10 heteroatoms. The van der Waals surface area contributed by atoms with Crippen LogP contribution in [0.2, 0.25) is 0 Å². The van der Waals surface area contributed by atoms with Gasteiger partial charge in [0.1, 0.15) is 6.54 Å². The summed E-state index contributed by atoms with van der Waals surface area (Å²) < 4.78 is 37.4. The Morgan fingerprint density at radius 2 is 2.22 bits per heavy atom. The van der Waals surface area contributed by atoms with Crippen LogP contribution in [0.3, 0.4) is 0 Å². The van der Waals surface area contributed by atoms with E-state index in [-0.39, 0.29) is 11.9 Å². The fourth-order valence-electron chi connectivity index (χ4n) is 2.02. The number of halogens is 3. The average molecular weight is 330 g/mol. The molecule has 0 bridgehead atoms. The Bertz CT molecular complexity index is 663. The normalized spacial score (nSPS) is 12.9. The van der Waals surface area contributed by atoms with Crippen molar-refractivity contribution in [1.29, 1.82) is 0 Å². The van der Waals surface area contributed by atoms with E-state index in [1.54, 1.807) is 6.92 Å². The summed E-state index contributed by atoms with van der Waals surface area (Å²) in [5.74, 6) is 0.0505. The van der Waals surface area contributed by atoms with E-state index >= 15 is 0 Å². The van der Waals surface area contributed by atoms with E-state index in [4.69, 9.17) is 0 Å². The maximum atomic E-state index is 12.2. The van der Waals surface area contributed by atoms with Gasteiger partial charge in [-0.25, -0.2) is 4.79 Å².